The second-order valence-corrected chi connectivity index (χ2v) is 16.0. The molecule has 286 valence electrons. The van der Waals surface area contributed by atoms with Crippen LogP contribution in [0.4, 0.5) is 0 Å². The zero-order chi connectivity index (χ0) is 38.5. The summed E-state index contributed by atoms with van der Waals surface area (Å²) < 4.78 is 42.0. The molecule has 0 spiro atoms. The quantitative estimate of drug-likeness (QED) is 0.0785. The van der Waals surface area contributed by atoms with E-state index >= 15 is 0 Å². The smallest absolute Gasteiger partial charge is 0.333 e. The first-order valence-electron chi connectivity index (χ1n) is 17.7. The number of nitrogens with zero attached hydrogens (tertiary/aromatic N) is 3. The number of halogens is 1. The Labute approximate surface area is 317 Å². The van der Waals surface area contributed by atoms with Crippen LogP contribution in [-0.2, 0) is 33.9 Å². The number of rotatable bonds is 15. The number of pyridine rings is 1. The van der Waals surface area contributed by atoms with Crippen LogP contribution in [-0.4, -0.2) is 93.8 Å². The third-order valence-corrected chi connectivity index (χ3v) is 11.3. The second-order valence-electron chi connectivity index (χ2n) is 13.7. The number of carbonyl (C=O) groups is 3. The number of fused-ring (bicyclic) bond motifs is 1. The van der Waals surface area contributed by atoms with Gasteiger partial charge >= 0.3 is 5.97 Å². The van der Waals surface area contributed by atoms with Crippen molar-refractivity contribution in [2.24, 2.45) is 5.92 Å². The highest BCUT2D eigenvalue weighted by atomic mass is 35.5. The molecule has 0 saturated heterocycles. The number of ether oxygens (including phenoxy) is 2. The number of sulfonamides is 1. The van der Waals surface area contributed by atoms with Gasteiger partial charge < -0.3 is 25.0 Å². The summed E-state index contributed by atoms with van der Waals surface area (Å²) in [5, 5.41) is 25.4. The number of carbonyl (C=O) groups excluding carboxylic acids is 3. The van der Waals surface area contributed by atoms with Gasteiger partial charge in [-0.3, -0.25) is 18.9 Å². The molecule has 6 atom stereocenters. The van der Waals surface area contributed by atoms with Crippen molar-refractivity contribution in [2.75, 3.05) is 18.9 Å². The number of benzene rings is 2. The average molecular weight is 780 g/mol. The lowest BCUT2D eigenvalue weighted by atomic mass is 9.78. The molecule has 16 heteroatoms. The van der Waals surface area contributed by atoms with E-state index in [1.165, 1.54) is 19.3 Å². The van der Waals surface area contributed by atoms with Crippen molar-refractivity contribution in [1.29, 1.82) is 0 Å². The predicted octanol–water partition coefficient (Wildman–Crippen LogP) is 3.32. The largest absolute Gasteiger partial charge is 0.456 e. The van der Waals surface area contributed by atoms with Crippen molar-refractivity contribution in [3.63, 3.8) is 0 Å². The summed E-state index contributed by atoms with van der Waals surface area (Å²) in [6.45, 7) is 1.65. The molecular weight excluding hydrogens is 738 g/mol. The van der Waals surface area contributed by atoms with Crippen molar-refractivity contribution >= 4 is 56.3 Å². The highest BCUT2D eigenvalue weighted by molar-refractivity contribution is 7.90. The van der Waals surface area contributed by atoms with E-state index in [2.05, 4.69) is 20.0 Å². The Morgan fingerprint density at radius 1 is 1.02 bits per heavy atom. The number of hydrogen-bond donors (Lipinski definition) is 4. The number of hydrogen-bond acceptors (Lipinski definition) is 11. The van der Waals surface area contributed by atoms with Crippen LogP contribution in [0.15, 0.2) is 85.3 Å². The summed E-state index contributed by atoms with van der Waals surface area (Å²) in [4.78, 5) is 47.5. The Morgan fingerprint density at radius 2 is 1.78 bits per heavy atom. The van der Waals surface area contributed by atoms with E-state index in [1.807, 2.05) is 18.2 Å². The van der Waals surface area contributed by atoms with E-state index in [9.17, 15) is 33.0 Å². The van der Waals surface area contributed by atoms with Crippen LogP contribution in [0.3, 0.4) is 0 Å². The number of amides is 2. The van der Waals surface area contributed by atoms with Gasteiger partial charge in [-0.05, 0) is 66.5 Å². The normalized spacial score (nSPS) is 24.1. The van der Waals surface area contributed by atoms with E-state index < -0.39 is 64.4 Å². The maximum atomic E-state index is 14.0. The SMILES string of the molecule is CC(=O)NCCCCS(=O)(=O)NC(=O)[C@]1(OC[C@@H]2C[C@@H]2c2ccc(Cl)cc2)C[C@@H](O)[C@@H](O)[C@H](OC(=O)/C=C(\c2ccccc2)n2cnc3ncccc32)C1. The Bertz CT molecular complexity index is 2110. The fraction of sp³-hybridized carbons (Fsp3) is 0.395. The Balaban J connectivity index is 1.24. The molecule has 2 aliphatic carbocycles. The third-order valence-electron chi connectivity index (χ3n) is 9.69. The second kappa shape index (κ2) is 16.8. The summed E-state index contributed by atoms with van der Waals surface area (Å²) in [6, 6.07) is 19.9. The van der Waals surface area contributed by atoms with Gasteiger partial charge in [0.15, 0.2) is 11.2 Å². The number of aliphatic hydroxyl groups excluding tert-OH is 2. The lowest BCUT2D eigenvalue weighted by molar-refractivity contribution is -0.197. The summed E-state index contributed by atoms with van der Waals surface area (Å²) in [5.41, 5.74) is 1.13. The summed E-state index contributed by atoms with van der Waals surface area (Å²) >= 11 is 6.06. The summed E-state index contributed by atoms with van der Waals surface area (Å²) in [5.74, 6) is -2.51. The van der Waals surface area contributed by atoms with Gasteiger partial charge in [0.2, 0.25) is 15.9 Å². The monoisotopic (exact) mass is 779 g/mol. The molecular formula is C38H42ClN5O9S. The lowest BCUT2D eigenvalue weighted by Gasteiger charge is -2.43. The highest BCUT2D eigenvalue weighted by Gasteiger charge is 2.54. The molecule has 0 aliphatic heterocycles. The van der Waals surface area contributed by atoms with Gasteiger partial charge in [0, 0.05) is 43.6 Å². The molecule has 0 unspecified atom stereocenters. The molecule has 54 heavy (non-hydrogen) atoms. The van der Waals surface area contributed by atoms with E-state index in [0.717, 1.165) is 12.0 Å². The molecule has 2 amide bonds. The number of aliphatic hydroxyl groups is 2. The molecule has 2 heterocycles. The van der Waals surface area contributed by atoms with Crippen LogP contribution in [0.5, 0.6) is 0 Å². The molecule has 14 nitrogen and oxygen atoms in total. The molecule has 4 N–H and O–H groups in total. The minimum atomic E-state index is -4.19. The van der Waals surface area contributed by atoms with Gasteiger partial charge in [-0.1, -0.05) is 54.1 Å². The minimum Gasteiger partial charge on any atom is -0.456 e. The van der Waals surface area contributed by atoms with E-state index in [-0.39, 0.29) is 37.3 Å². The third kappa shape index (κ3) is 9.51. The van der Waals surface area contributed by atoms with E-state index in [0.29, 0.717) is 33.9 Å². The average Bonchev–Trinajstić information content (AvgIpc) is 3.80. The molecule has 2 fully saturated rings. The molecule has 4 aromatic rings. The highest BCUT2D eigenvalue weighted by Crippen LogP contribution is 2.49. The van der Waals surface area contributed by atoms with Crippen LogP contribution in [0, 0.1) is 5.92 Å². The molecule has 0 radical (unpaired) electrons. The van der Waals surface area contributed by atoms with Gasteiger partial charge in [-0.25, -0.2) is 23.2 Å². The maximum Gasteiger partial charge on any atom is 0.333 e. The van der Waals surface area contributed by atoms with Gasteiger partial charge in [0.25, 0.3) is 5.91 Å². The zero-order valence-corrected chi connectivity index (χ0v) is 31.1. The summed E-state index contributed by atoms with van der Waals surface area (Å²) in [6.07, 6.45) is -0.00927. The first kappa shape index (κ1) is 39.0. The number of imidazole rings is 1. The Morgan fingerprint density at radius 3 is 2.52 bits per heavy atom. The number of unbranched alkanes of at least 4 members (excludes halogenated alkanes) is 1. The van der Waals surface area contributed by atoms with Crippen LogP contribution >= 0.6 is 11.6 Å². The van der Waals surface area contributed by atoms with Crippen molar-refractivity contribution in [2.45, 2.75) is 68.9 Å². The molecule has 6 rings (SSSR count). The standard InChI is InChI=1S/C38H42ClN5O9S/c1-24(45)40-15-5-6-17-54(50,51)43-37(49)38(52-22-27-18-29(27)25-11-13-28(39)14-12-25)20-32(46)35(48)33(21-38)53-34(47)19-31(26-8-3-2-4-9-26)44-23-42-36-30(44)10-7-16-41-36/h2-4,7-14,16,19,23,27,29,32-33,35,46,48H,5-6,15,17-18,20-22H2,1H3,(H,40,45)(H,43,49)/b31-19+/t27-,29+,32+,33+,35+,38-/m0/s1. The van der Waals surface area contributed by atoms with Gasteiger partial charge in [-0.2, -0.15) is 0 Å². The first-order chi connectivity index (χ1) is 25.8. The van der Waals surface area contributed by atoms with Crippen molar-refractivity contribution in [3.8, 4) is 0 Å². The zero-order valence-electron chi connectivity index (χ0n) is 29.5. The molecule has 0 bridgehead atoms. The fourth-order valence-corrected chi connectivity index (χ4v) is 8.02. The van der Waals surface area contributed by atoms with Crippen molar-refractivity contribution in [3.05, 3.63) is 101 Å². The minimum absolute atomic E-state index is 0.0258. The van der Waals surface area contributed by atoms with E-state index in [4.69, 9.17) is 21.1 Å². The number of aromatic nitrogens is 3. The fourth-order valence-electron chi connectivity index (χ4n) is 6.74. The van der Waals surface area contributed by atoms with E-state index in [1.54, 1.807) is 59.3 Å². The first-order valence-corrected chi connectivity index (χ1v) is 19.7. The van der Waals surface area contributed by atoms with Gasteiger partial charge in [0.05, 0.1) is 29.7 Å². The molecule has 2 saturated carbocycles. The maximum absolute atomic E-state index is 14.0. The number of nitrogens with one attached hydrogen (secondary N) is 2. The van der Waals surface area contributed by atoms with Crippen molar-refractivity contribution in [1.82, 2.24) is 24.6 Å². The Kier molecular flexibility index (Phi) is 12.1. The predicted molar refractivity (Wildman–Crippen MR) is 199 cm³/mol. The van der Waals surface area contributed by atoms with Crippen LogP contribution in [0.25, 0.3) is 16.9 Å². The van der Waals surface area contributed by atoms with Crippen LogP contribution < -0.4 is 10.0 Å². The topological polar surface area (TPSA) is 199 Å². The van der Waals surface area contributed by atoms with Crippen molar-refractivity contribution < 1.29 is 42.5 Å². The Hall–Kier alpha value is -4.67. The number of esters is 1. The summed E-state index contributed by atoms with van der Waals surface area (Å²) in [7, 11) is -4.19. The van der Waals surface area contributed by atoms with Gasteiger partial charge in [-0.15, -0.1) is 0 Å². The van der Waals surface area contributed by atoms with Crippen LogP contribution in [0.1, 0.15) is 56.1 Å². The lowest BCUT2D eigenvalue weighted by Crippen LogP contribution is -2.61. The van der Waals surface area contributed by atoms with Gasteiger partial charge in [0.1, 0.15) is 18.5 Å². The molecule has 2 aromatic carbocycles. The molecule has 2 aliphatic rings. The van der Waals surface area contributed by atoms with Crippen LogP contribution in [0.2, 0.25) is 5.02 Å². The molecule has 2 aromatic heterocycles.